The first kappa shape index (κ1) is 15.4. The predicted molar refractivity (Wildman–Crippen MR) is 92.3 cm³/mol. The average Bonchev–Trinajstić information content (AvgIpc) is 2.86. The molecule has 0 amide bonds. The summed E-state index contributed by atoms with van der Waals surface area (Å²) in [5, 5.41) is 1.61. The van der Waals surface area contributed by atoms with Crippen LogP contribution in [-0.2, 0) is 0 Å². The summed E-state index contributed by atoms with van der Waals surface area (Å²) in [6.07, 6.45) is 0. The molecule has 6 heteroatoms. The minimum Gasteiger partial charge on any atom is -0.333 e. The van der Waals surface area contributed by atoms with Gasteiger partial charge in [-0.2, -0.15) is 0 Å². The largest absolute Gasteiger partial charge is 0.333 e. The van der Waals surface area contributed by atoms with Crippen molar-refractivity contribution in [3.8, 4) is 0 Å². The first-order chi connectivity index (χ1) is 10.5. The quantitative estimate of drug-likeness (QED) is 0.522. The van der Waals surface area contributed by atoms with Crippen molar-refractivity contribution in [3.05, 3.63) is 57.6 Å². The highest BCUT2D eigenvalue weighted by molar-refractivity contribution is 7.99. The molecule has 2 aromatic carbocycles. The van der Waals surface area contributed by atoms with Crippen molar-refractivity contribution >= 4 is 51.8 Å². The lowest BCUT2D eigenvalue weighted by Gasteiger charge is -2.02. The number of aromatic nitrogens is 2. The lowest BCUT2D eigenvalue weighted by Crippen LogP contribution is -2.03. The van der Waals surface area contributed by atoms with Gasteiger partial charge in [-0.25, -0.2) is 4.98 Å². The minimum absolute atomic E-state index is 0.0525. The van der Waals surface area contributed by atoms with Gasteiger partial charge in [-0.3, -0.25) is 4.79 Å². The Hall–Kier alpha value is -1.49. The van der Waals surface area contributed by atoms with Gasteiger partial charge < -0.3 is 4.98 Å². The second-order valence-corrected chi connectivity index (χ2v) is 6.71. The molecule has 0 radical (unpaired) electrons. The second kappa shape index (κ2) is 6.32. The number of imidazole rings is 1. The summed E-state index contributed by atoms with van der Waals surface area (Å²) in [4.78, 5) is 19.9. The molecule has 0 aliphatic rings. The molecule has 22 heavy (non-hydrogen) atoms. The highest BCUT2D eigenvalue weighted by Gasteiger charge is 2.12. The standard InChI is InChI=1S/C16H12Cl2N2OS/c1-9-2-5-13-14(6-9)20-16(19-13)22-8-15(21)11-4-3-10(17)7-12(11)18/h2-7H,8H2,1H3,(H,19,20). The Morgan fingerprint density at radius 1 is 1.23 bits per heavy atom. The molecule has 1 N–H and O–H groups in total. The van der Waals surface area contributed by atoms with Gasteiger partial charge in [0.15, 0.2) is 10.9 Å². The Morgan fingerprint density at radius 3 is 2.82 bits per heavy atom. The number of hydrogen-bond donors (Lipinski definition) is 1. The van der Waals surface area contributed by atoms with Gasteiger partial charge in [0.25, 0.3) is 0 Å². The summed E-state index contributed by atoms with van der Waals surface area (Å²) in [5.41, 5.74) is 3.51. The van der Waals surface area contributed by atoms with Crippen LogP contribution in [-0.4, -0.2) is 21.5 Å². The van der Waals surface area contributed by atoms with E-state index in [0.29, 0.717) is 15.6 Å². The number of carbonyl (C=O) groups excluding carboxylic acids is 1. The number of aryl methyl sites for hydroxylation is 1. The maximum absolute atomic E-state index is 12.2. The lowest BCUT2D eigenvalue weighted by molar-refractivity contribution is 0.102. The summed E-state index contributed by atoms with van der Waals surface area (Å²) in [6.45, 7) is 2.03. The normalized spacial score (nSPS) is 11.0. The second-order valence-electron chi connectivity index (χ2n) is 4.90. The molecule has 0 saturated heterocycles. The molecular weight excluding hydrogens is 339 g/mol. The number of nitrogens with one attached hydrogen (secondary N) is 1. The number of thioether (sulfide) groups is 1. The van der Waals surface area contributed by atoms with Crippen LogP contribution in [0.15, 0.2) is 41.6 Å². The van der Waals surface area contributed by atoms with Gasteiger partial charge >= 0.3 is 0 Å². The third-order valence-electron chi connectivity index (χ3n) is 3.19. The fraction of sp³-hybridized carbons (Fsp3) is 0.125. The van der Waals surface area contributed by atoms with E-state index in [1.807, 2.05) is 25.1 Å². The van der Waals surface area contributed by atoms with E-state index >= 15 is 0 Å². The number of rotatable bonds is 4. The molecule has 3 nitrogen and oxygen atoms in total. The summed E-state index contributed by atoms with van der Waals surface area (Å²) in [6, 6.07) is 10.9. The number of hydrogen-bond acceptors (Lipinski definition) is 3. The molecule has 3 aromatic rings. The van der Waals surface area contributed by atoms with Gasteiger partial charge in [-0.15, -0.1) is 0 Å². The first-order valence-corrected chi connectivity index (χ1v) is 8.34. The highest BCUT2D eigenvalue weighted by Crippen LogP contribution is 2.25. The molecule has 1 heterocycles. The van der Waals surface area contributed by atoms with E-state index in [1.54, 1.807) is 18.2 Å². The number of fused-ring (bicyclic) bond motifs is 1. The molecule has 112 valence electrons. The number of Topliss-reactive ketones (excluding diaryl/α,β-unsaturated/α-hetero) is 1. The molecule has 0 saturated carbocycles. The molecule has 0 aliphatic carbocycles. The van der Waals surface area contributed by atoms with Gasteiger partial charge in [-0.05, 0) is 42.8 Å². The van der Waals surface area contributed by atoms with E-state index in [1.165, 1.54) is 11.8 Å². The van der Waals surface area contributed by atoms with Gasteiger partial charge in [-0.1, -0.05) is 41.0 Å². The average molecular weight is 351 g/mol. The molecule has 0 atom stereocenters. The topological polar surface area (TPSA) is 45.8 Å². The molecule has 0 aliphatic heterocycles. The van der Waals surface area contributed by atoms with E-state index in [-0.39, 0.29) is 11.5 Å². The maximum Gasteiger partial charge on any atom is 0.174 e. The fourth-order valence-corrected chi connectivity index (χ4v) is 3.38. The van der Waals surface area contributed by atoms with E-state index in [2.05, 4.69) is 9.97 Å². The Morgan fingerprint density at radius 2 is 2.05 bits per heavy atom. The summed E-state index contributed by atoms with van der Waals surface area (Å²) in [7, 11) is 0. The van der Waals surface area contributed by atoms with Gasteiger partial charge in [0, 0.05) is 10.6 Å². The van der Waals surface area contributed by atoms with Crippen LogP contribution in [0.1, 0.15) is 15.9 Å². The Balaban J connectivity index is 1.74. The maximum atomic E-state index is 12.2. The van der Waals surface area contributed by atoms with E-state index < -0.39 is 0 Å². The summed E-state index contributed by atoms with van der Waals surface area (Å²) in [5.74, 6) is 0.212. The third-order valence-corrected chi connectivity index (χ3v) is 4.61. The van der Waals surface area contributed by atoms with Crippen LogP contribution in [0.5, 0.6) is 0 Å². The fourth-order valence-electron chi connectivity index (χ4n) is 2.10. The van der Waals surface area contributed by atoms with Crippen molar-refractivity contribution in [2.75, 3.05) is 5.75 Å². The SMILES string of the molecule is Cc1ccc2nc(SCC(=O)c3ccc(Cl)cc3Cl)[nH]c2c1. The van der Waals surface area contributed by atoms with Gasteiger partial charge in [0.1, 0.15) is 0 Å². The van der Waals surface area contributed by atoms with Crippen molar-refractivity contribution in [1.29, 1.82) is 0 Å². The zero-order valence-electron chi connectivity index (χ0n) is 11.7. The molecule has 0 fully saturated rings. The van der Waals surface area contributed by atoms with E-state index in [0.717, 1.165) is 21.8 Å². The van der Waals surface area contributed by atoms with Gasteiger partial charge in [0.2, 0.25) is 0 Å². The molecule has 1 aromatic heterocycles. The number of halogens is 2. The van der Waals surface area contributed by atoms with Crippen molar-refractivity contribution in [1.82, 2.24) is 9.97 Å². The van der Waals surface area contributed by atoms with Crippen molar-refractivity contribution in [2.45, 2.75) is 12.1 Å². The predicted octanol–water partition coefficient (Wildman–Crippen LogP) is 5.15. The molecule has 0 unspecified atom stereocenters. The smallest absolute Gasteiger partial charge is 0.174 e. The summed E-state index contributed by atoms with van der Waals surface area (Å²) < 4.78 is 0. The van der Waals surface area contributed by atoms with Crippen LogP contribution in [0.3, 0.4) is 0 Å². The lowest BCUT2D eigenvalue weighted by atomic mass is 10.1. The summed E-state index contributed by atoms with van der Waals surface area (Å²) >= 11 is 13.2. The van der Waals surface area contributed by atoms with Crippen LogP contribution in [0.2, 0.25) is 10.0 Å². The van der Waals surface area contributed by atoms with Crippen LogP contribution in [0.25, 0.3) is 11.0 Å². The number of benzene rings is 2. The molecule has 0 spiro atoms. The number of aromatic amines is 1. The van der Waals surface area contributed by atoms with Crippen LogP contribution in [0, 0.1) is 6.92 Å². The number of H-pyrrole nitrogens is 1. The van der Waals surface area contributed by atoms with E-state index in [9.17, 15) is 4.79 Å². The number of ketones is 1. The minimum atomic E-state index is -0.0525. The Kier molecular flexibility index (Phi) is 4.43. The van der Waals surface area contributed by atoms with Crippen molar-refractivity contribution in [3.63, 3.8) is 0 Å². The van der Waals surface area contributed by atoms with Crippen LogP contribution in [0.4, 0.5) is 0 Å². The zero-order chi connectivity index (χ0) is 15.7. The molecule has 0 bridgehead atoms. The van der Waals surface area contributed by atoms with Crippen LogP contribution < -0.4 is 0 Å². The number of carbonyl (C=O) groups is 1. The third kappa shape index (κ3) is 3.29. The Labute approximate surface area is 142 Å². The highest BCUT2D eigenvalue weighted by atomic mass is 35.5. The van der Waals surface area contributed by atoms with Crippen molar-refractivity contribution in [2.24, 2.45) is 0 Å². The molecular formula is C16H12Cl2N2OS. The molecule has 3 rings (SSSR count). The van der Waals surface area contributed by atoms with Crippen molar-refractivity contribution < 1.29 is 4.79 Å². The zero-order valence-corrected chi connectivity index (χ0v) is 14.0. The van der Waals surface area contributed by atoms with Gasteiger partial charge in [0.05, 0.1) is 21.8 Å². The Bertz CT molecular complexity index is 860. The first-order valence-electron chi connectivity index (χ1n) is 6.60. The number of nitrogens with zero attached hydrogens (tertiary/aromatic N) is 1. The monoisotopic (exact) mass is 350 g/mol. The van der Waals surface area contributed by atoms with Crippen LogP contribution >= 0.6 is 35.0 Å². The van der Waals surface area contributed by atoms with E-state index in [4.69, 9.17) is 23.2 Å².